The fourth-order valence-electron chi connectivity index (χ4n) is 2.91. The Bertz CT molecular complexity index is 571. The summed E-state index contributed by atoms with van der Waals surface area (Å²) in [7, 11) is 0. The summed E-state index contributed by atoms with van der Waals surface area (Å²) in [5, 5.41) is 9.33. The van der Waals surface area contributed by atoms with E-state index < -0.39 is 0 Å². The molecule has 0 saturated heterocycles. The van der Waals surface area contributed by atoms with Crippen LogP contribution in [-0.2, 0) is 4.79 Å². The number of urea groups is 1. The van der Waals surface area contributed by atoms with Crippen LogP contribution in [0.1, 0.15) is 50.5 Å². The van der Waals surface area contributed by atoms with Gasteiger partial charge in [-0.2, -0.15) is 0 Å². The minimum absolute atomic E-state index is 0.0603. The molecule has 0 aliphatic heterocycles. The summed E-state index contributed by atoms with van der Waals surface area (Å²) in [6.45, 7) is 2.39. The number of aryl methyl sites for hydroxylation is 1. The van der Waals surface area contributed by atoms with E-state index in [1.54, 1.807) is 12.1 Å². The number of carbonyl (C=O) groups excluding carboxylic acids is 2. The van der Waals surface area contributed by atoms with Crippen molar-refractivity contribution in [3.05, 3.63) is 28.8 Å². The highest BCUT2D eigenvalue weighted by Gasteiger charge is 2.15. The lowest BCUT2D eigenvalue weighted by atomic mass is 9.96. The highest BCUT2D eigenvalue weighted by molar-refractivity contribution is 6.30. The van der Waals surface area contributed by atoms with Crippen molar-refractivity contribution < 1.29 is 9.59 Å². The first kappa shape index (κ1) is 18.6. The normalized spacial score (nSPS) is 14.9. The molecule has 1 aromatic rings. The maximum absolute atomic E-state index is 11.9. The van der Waals surface area contributed by atoms with Crippen LogP contribution in [-0.4, -0.2) is 24.5 Å². The van der Waals surface area contributed by atoms with E-state index in [-0.39, 0.29) is 11.9 Å². The predicted octanol–water partition coefficient (Wildman–Crippen LogP) is 4.00. The summed E-state index contributed by atoms with van der Waals surface area (Å²) >= 11 is 5.90. The van der Waals surface area contributed by atoms with Crippen LogP contribution in [0.4, 0.5) is 10.5 Å². The number of nitrogens with one attached hydrogen (secondary N) is 3. The first-order chi connectivity index (χ1) is 11.5. The van der Waals surface area contributed by atoms with Crippen molar-refractivity contribution in [2.24, 2.45) is 0 Å². The molecule has 0 bridgehead atoms. The molecule has 0 heterocycles. The van der Waals surface area contributed by atoms with Crippen LogP contribution in [0.3, 0.4) is 0 Å². The van der Waals surface area contributed by atoms with Gasteiger partial charge in [-0.25, -0.2) is 4.79 Å². The van der Waals surface area contributed by atoms with Crippen LogP contribution in [0.5, 0.6) is 0 Å². The number of anilines is 1. The molecule has 5 nitrogen and oxygen atoms in total. The van der Waals surface area contributed by atoms with Crippen molar-refractivity contribution in [1.82, 2.24) is 10.6 Å². The summed E-state index contributed by atoms with van der Waals surface area (Å²) in [6, 6.07) is 5.53. The quantitative estimate of drug-likeness (QED) is 0.678. The first-order valence-electron chi connectivity index (χ1n) is 8.65. The lowest BCUT2D eigenvalue weighted by Gasteiger charge is -2.22. The van der Waals surface area contributed by atoms with Crippen LogP contribution >= 0.6 is 11.6 Å². The lowest BCUT2D eigenvalue weighted by Crippen LogP contribution is -2.43. The number of rotatable bonds is 6. The van der Waals surface area contributed by atoms with E-state index in [1.807, 2.05) is 13.0 Å². The van der Waals surface area contributed by atoms with Crippen molar-refractivity contribution >= 4 is 29.2 Å². The number of amides is 3. The number of benzene rings is 1. The van der Waals surface area contributed by atoms with Gasteiger partial charge in [0.15, 0.2) is 0 Å². The number of carbonyl (C=O) groups is 2. The van der Waals surface area contributed by atoms with Gasteiger partial charge in [-0.05, 0) is 49.9 Å². The standard InChI is InChI=1S/C18H26ClN3O2/c1-13-12-14(19)9-10-16(13)22-17(23)8-5-11-20-18(24)21-15-6-3-2-4-7-15/h9-10,12,15H,2-8,11H2,1H3,(H,22,23)(H2,20,21,24). The maximum Gasteiger partial charge on any atom is 0.315 e. The average Bonchev–Trinajstić information content (AvgIpc) is 2.55. The van der Waals surface area contributed by atoms with Gasteiger partial charge in [-0.3, -0.25) is 4.79 Å². The van der Waals surface area contributed by atoms with E-state index in [1.165, 1.54) is 19.3 Å². The van der Waals surface area contributed by atoms with E-state index in [4.69, 9.17) is 11.6 Å². The fraction of sp³-hybridized carbons (Fsp3) is 0.556. The lowest BCUT2D eigenvalue weighted by molar-refractivity contribution is -0.116. The molecule has 0 radical (unpaired) electrons. The maximum atomic E-state index is 11.9. The Hall–Kier alpha value is -1.75. The average molecular weight is 352 g/mol. The van der Waals surface area contributed by atoms with E-state index in [9.17, 15) is 9.59 Å². The number of hydrogen-bond acceptors (Lipinski definition) is 2. The summed E-state index contributed by atoms with van der Waals surface area (Å²) in [5.74, 6) is -0.0603. The molecule has 1 aliphatic rings. The van der Waals surface area contributed by atoms with E-state index in [0.29, 0.717) is 30.5 Å². The molecule has 1 fully saturated rings. The molecule has 3 amide bonds. The number of halogens is 1. The zero-order valence-electron chi connectivity index (χ0n) is 14.2. The summed E-state index contributed by atoms with van der Waals surface area (Å²) in [5.41, 5.74) is 1.70. The van der Waals surface area contributed by atoms with Gasteiger partial charge in [0.05, 0.1) is 0 Å². The van der Waals surface area contributed by atoms with Gasteiger partial charge < -0.3 is 16.0 Å². The van der Waals surface area contributed by atoms with Gasteiger partial charge in [-0.15, -0.1) is 0 Å². The molecule has 6 heteroatoms. The van der Waals surface area contributed by atoms with E-state index in [0.717, 1.165) is 24.1 Å². The highest BCUT2D eigenvalue weighted by Crippen LogP contribution is 2.20. The van der Waals surface area contributed by atoms with Crippen LogP contribution in [0, 0.1) is 6.92 Å². The smallest absolute Gasteiger partial charge is 0.315 e. The summed E-state index contributed by atoms with van der Waals surface area (Å²) in [6.07, 6.45) is 6.75. The Balaban J connectivity index is 1.61. The second-order valence-electron chi connectivity index (χ2n) is 6.35. The third kappa shape index (κ3) is 6.40. The molecule has 3 N–H and O–H groups in total. The molecule has 1 aromatic carbocycles. The second-order valence-corrected chi connectivity index (χ2v) is 6.78. The largest absolute Gasteiger partial charge is 0.338 e. The van der Waals surface area contributed by atoms with Gasteiger partial charge >= 0.3 is 6.03 Å². The molecule has 1 aliphatic carbocycles. The van der Waals surface area contributed by atoms with Gasteiger partial charge in [0.1, 0.15) is 0 Å². The van der Waals surface area contributed by atoms with Gasteiger partial charge in [0.2, 0.25) is 5.91 Å². The monoisotopic (exact) mass is 351 g/mol. The van der Waals surface area contributed by atoms with Crippen LogP contribution in [0.25, 0.3) is 0 Å². The zero-order chi connectivity index (χ0) is 17.4. The third-order valence-corrected chi connectivity index (χ3v) is 4.50. The van der Waals surface area contributed by atoms with Crippen molar-refractivity contribution in [2.45, 2.75) is 57.9 Å². The highest BCUT2D eigenvalue weighted by atomic mass is 35.5. The van der Waals surface area contributed by atoms with Crippen molar-refractivity contribution in [1.29, 1.82) is 0 Å². The zero-order valence-corrected chi connectivity index (χ0v) is 14.9. The molecule has 1 saturated carbocycles. The molecular weight excluding hydrogens is 326 g/mol. The van der Waals surface area contributed by atoms with Crippen LogP contribution in [0.15, 0.2) is 18.2 Å². The molecule has 2 rings (SSSR count). The van der Waals surface area contributed by atoms with Crippen molar-refractivity contribution in [3.8, 4) is 0 Å². The van der Waals surface area contributed by atoms with Gasteiger partial charge in [-0.1, -0.05) is 30.9 Å². The van der Waals surface area contributed by atoms with E-state index >= 15 is 0 Å². The topological polar surface area (TPSA) is 70.2 Å². The molecule has 132 valence electrons. The Morgan fingerprint density at radius 2 is 1.96 bits per heavy atom. The SMILES string of the molecule is Cc1cc(Cl)ccc1NC(=O)CCCNC(=O)NC1CCCCC1. The molecule has 0 atom stereocenters. The first-order valence-corrected chi connectivity index (χ1v) is 9.03. The summed E-state index contributed by atoms with van der Waals surface area (Å²) < 4.78 is 0. The number of hydrogen-bond donors (Lipinski definition) is 3. The second kappa shape index (κ2) is 9.52. The van der Waals surface area contributed by atoms with Crippen molar-refractivity contribution in [3.63, 3.8) is 0 Å². The third-order valence-electron chi connectivity index (χ3n) is 4.27. The molecule has 0 unspecified atom stereocenters. The Labute approximate surface area is 148 Å². The molecular formula is C18H26ClN3O2. The van der Waals surface area contributed by atoms with Gasteiger partial charge in [0.25, 0.3) is 0 Å². The molecule has 0 spiro atoms. The fourth-order valence-corrected chi connectivity index (χ4v) is 3.14. The van der Waals surface area contributed by atoms with E-state index in [2.05, 4.69) is 16.0 Å². The molecule has 24 heavy (non-hydrogen) atoms. The summed E-state index contributed by atoms with van der Waals surface area (Å²) in [4.78, 5) is 23.7. The van der Waals surface area contributed by atoms with Crippen LogP contribution < -0.4 is 16.0 Å². The van der Waals surface area contributed by atoms with Crippen molar-refractivity contribution in [2.75, 3.05) is 11.9 Å². The van der Waals surface area contributed by atoms with Crippen LogP contribution in [0.2, 0.25) is 5.02 Å². The minimum atomic E-state index is -0.129. The Morgan fingerprint density at radius 3 is 2.67 bits per heavy atom. The Morgan fingerprint density at radius 1 is 1.21 bits per heavy atom. The minimum Gasteiger partial charge on any atom is -0.338 e. The van der Waals surface area contributed by atoms with Gasteiger partial charge in [0, 0.05) is 29.7 Å². The Kier molecular flexibility index (Phi) is 7.37. The molecule has 0 aromatic heterocycles. The predicted molar refractivity (Wildman–Crippen MR) is 97.5 cm³/mol.